The highest BCUT2D eigenvalue weighted by Crippen LogP contribution is 2.24. The van der Waals surface area contributed by atoms with Crippen LogP contribution in [0.4, 0.5) is 15.8 Å². The fourth-order valence-electron chi connectivity index (χ4n) is 0.809. The van der Waals surface area contributed by atoms with Gasteiger partial charge in [0.15, 0.2) is 0 Å². The van der Waals surface area contributed by atoms with Gasteiger partial charge < -0.3 is 5.32 Å². The lowest BCUT2D eigenvalue weighted by Gasteiger charge is -2.00. The number of hydrogen-bond acceptors (Lipinski definition) is 1. The zero-order valence-electron chi connectivity index (χ0n) is 6.06. The van der Waals surface area contributed by atoms with Crippen LogP contribution in [0.1, 0.15) is 0 Å². The van der Waals surface area contributed by atoms with Crippen molar-refractivity contribution in [3.05, 3.63) is 35.4 Å². The van der Waals surface area contributed by atoms with Crippen molar-refractivity contribution in [2.45, 2.75) is 0 Å². The first-order valence-corrected chi connectivity index (χ1v) is 3.12. The summed E-state index contributed by atoms with van der Waals surface area (Å²) in [7, 11) is 1.70. The SMILES string of the molecule is [C-]#[N+]c1cc(F)ccc1NC. The Balaban J connectivity index is 3.19. The van der Waals surface area contributed by atoms with Gasteiger partial charge in [-0.15, -0.1) is 0 Å². The summed E-state index contributed by atoms with van der Waals surface area (Å²) in [6, 6.07) is 4.07. The first-order valence-electron chi connectivity index (χ1n) is 3.12. The van der Waals surface area contributed by atoms with Crippen LogP contribution in [0.5, 0.6) is 0 Å². The van der Waals surface area contributed by atoms with Crippen LogP contribution in [-0.4, -0.2) is 7.05 Å². The third-order valence-electron chi connectivity index (χ3n) is 1.35. The van der Waals surface area contributed by atoms with E-state index in [0.29, 0.717) is 11.4 Å². The smallest absolute Gasteiger partial charge is 0.212 e. The Hall–Kier alpha value is -1.56. The molecular formula is C8H7FN2. The van der Waals surface area contributed by atoms with Crippen LogP contribution >= 0.6 is 0 Å². The van der Waals surface area contributed by atoms with Crippen molar-refractivity contribution < 1.29 is 4.39 Å². The average Bonchev–Trinajstić information content (AvgIpc) is 2.04. The number of hydrogen-bond donors (Lipinski definition) is 1. The minimum Gasteiger partial charge on any atom is -0.397 e. The van der Waals surface area contributed by atoms with Crippen LogP contribution in [0.3, 0.4) is 0 Å². The number of anilines is 1. The summed E-state index contributed by atoms with van der Waals surface area (Å²) in [6.45, 7) is 6.70. The highest BCUT2D eigenvalue weighted by atomic mass is 19.1. The van der Waals surface area contributed by atoms with Crippen molar-refractivity contribution >= 4 is 11.4 Å². The molecule has 1 aromatic carbocycles. The van der Waals surface area contributed by atoms with Crippen LogP contribution in [0, 0.1) is 12.4 Å². The van der Waals surface area contributed by atoms with Gasteiger partial charge in [0.2, 0.25) is 5.69 Å². The van der Waals surface area contributed by atoms with Gasteiger partial charge in [-0.2, -0.15) is 0 Å². The maximum atomic E-state index is 12.5. The molecule has 0 heterocycles. The Morgan fingerprint density at radius 1 is 1.55 bits per heavy atom. The van der Waals surface area contributed by atoms with Crippen molar-refractivity contribution in [2.24, 2.45) is 0 Å². The van der Waals surface area contributed by atoms with Crippen LogP contribution < -0.4 is 5.32 Å². The summed E-state index contributed by atoms with van der Waals surface area (Å²) in [6.07, 6.45) is 0. The van der Waals surface area contributed by atoms with E-state index in [1.807, 2.05) is 0 Å². The third kappa shape index (κ3) is 1.47. The standard InChI is InChI=1S/C8H7FN2/c1-10-7-4-3-6(9)5-8(7)11-2/h3-5,10H,1H3. The minimum atomic E-state index is -0.380. The van der Waals surface area contributed by atoms with Crippen LogP contribution in [0.25, 0.3) is 4.85 Å². The summed E-state index contributed by atoms with van der Waals surface area (Å²) in [5, 5.41) is 2.79. The van der Waals surface area contributed by atoms with E-state index in [1.54, 1.807) is 13.1 Å². The normalized spacial score (nSPS) is 8.82. The van der Waals surface area contributed by atoms with Gasteiger partial charge in [0.1, 0.15) is 5.82 Å². The molecule has 0 bridgehead atoms. The van der Waals surface area contributed by atoms with Gasteiger partial charge in [-0.1, -0.05) is 0 Å². The van der Waals surface area contributed by atoms with E-state index >= 15 is 0 Å². The molecule has 1 aromatic rings. The molecule has 0 saturated heterocycles. The number of nitrogens with one attached hydrogen (secondary N) is 1. The van der Waals surface area contributed by atoms with Crippen LogP contribution in [-0.2, 0) is 0 Å². The van der Waals surface area contributed by atoms with E-state index in [-0.39, 0.29) is 5.82 Å². The predicted octanol–water partition coefficient (Wildman–Crippen LogP) is 2.42. The van der Waals surface area contributed by atoms with Crippen LogP contribution in [0.2, 0.25) is 0 Å². The Morgan fingerprint density at radius 3 is 2.82 bits per heavy atom. The molecule has 0 spiro atoms. The summed E-state index contributed by atoms with van der Waals surface area (Å²) in [5.74, 6) is -0.380. The second-order valence-electron chi connectivity index (χ2n) is 2.02. The number of rotatable bonds is 1. The molecular weight excluding hydrogens is 143 g/mol. The molecule has 1 N–H and O–H groups in total. The molecule has 0 aliphatic carbocycles. The second-order valence-corrected chi connectivity index (χ2v) is 2.02. The molecule has 0 unspecified atom stereocenters. The number of nitrogens with zero attached hydrogens (tertiary/aromatic N) is 1. The van der Waals surface area contributed by atoms with Gasteiger partial charge in [-0.3, -0.25) is 0 Å². The molecule has 0 saturated carbocycles. The van der Waals surface area contributed by atoms with Crippen molar-refractivity contribution in [2.75, 3.05) is 12.4 Å². The van der Waals surface area contributed by atoms with E-state index in [0.717, 1.165) is 0 Å². The predicted molar refractivity (Wildman–Crippen MR) is 42.2 cm³/mol. The molecule has 0 aromatic heterocycles. The maximum absolute atomic E-state index is 12.5. The molecule has 0 radical (unpaired) electrons. The van der Waals surface area contributed by atoms with Crippen LogP contribution in [0.15, 0.2) is 18.2 Å². The molecule has 0 aliphatic rings. The van der Waals surface area contributed by atoms with Crippen molar-refractivity contribution in [1.82, 2.24) is 0 Å². The Kier molecular flexibility index (Phi) is 2.07. The maximum Gasteiger partial charge on any atom is 0.212 e. The first-order chi connectivity index (χ1) is 5.27. The summed E-state index contributed by atoms with van der Waals surface area (Å²) in [4.78, 5) is 3.15. The van der Waals surface area contributed by atoms with E-state index in [2.05, 4.69) is 10.2 Å². The van der Waals surface area contributed by atoms with Gasteiger partial charge in [0.25, 0.3) is 0 Å². The molecule has 1 rings (SSSR count). The van der Waals surface area contributed by atoms with Crippen molar-refractivity contribution in [3.8, 4) is 0 Å². The summed E-state index contributed by atoms with van der Waals surface area (Å²) < 4.78 is 12.5. The minimum absolute atomic E-state index is 0.313. The number of halogens is 1. The van der Waals surface area contributed by atoms with E-state index in [1.165, 1.54) is 12.1 Å². The second kappa shape index (κ2) is 3.02. The largest absolute Gasteiger partial charge is 0.397 e. The lowest BCUT2D eigenvalue weighted by molar-refractivity contribution is 0.629. The highest BCUT2D eigenvalue weighted by Gasteiger charge is 2.00. The molecule has 0 atom stereocenters. The molecule has 56 valence electrons. The highest BCUT2D eigenvalue weighted by molar-refractivity contribution is 5.69. The fraction of sp³-hybridized carbons (Fsp3) is 0.125. The van der Waals surface area contributed by atoms with Gasteiger partial charge in [0.05, 0.1) is 6.57 Å². The van der Waals surface area contributed by atoms with Gasteiger partial charge in [-0.25, -0.2) is 9.24 Å². The van der Waals surface area contributed by atoms with E-state index < -0.39 is 0 Å². The van der Waals surface area contributed by atoms with Gasteiger partial charge in [0, 0.05) is 12.7 Å². The van der Waals surface area contributed by atoms with Gasteiger partial charge in [-0.05, 0) is 18.2 Å². The molecule has 2 nitrogen and oxygen atoms in total. The van der Waals surface area contributed by atoms with E-state index in [4.69, 9.17) is 6.57 Å². The zero-order chi connectivity index (χ0) is 8.27. The lowest BCUT2D eigenvalue weighted by Crippen LogP contribution is -1.87. The number of benzene rings is 1. The lowest BCUT2D eigenvalue weighted by atomic mass is 10.2. The third-order valence-corrected chi connectivity index (χ3v) is 1.35. The van der Waals surface area contributed by atoms with Crippen molar-refractivity contribution in [1.29, 1.82) is 0 Å². The Morgan fingerprint density at radius 2 is 2.27 bits per heavy atom. The average molecular weight is 150 g/mol. The Bertz CT molecular complexity index is 301. The monoisotopic (exact) mass is 150 g/mol. The molecule has 0 amide bonds. The molecule has 0 fully saturated rings. The fourth-order valence-corrected chi connectivity index (χ4v) is 0.809. The summed E-state index contributed by atoms with van der Waals surface area (Å²) >= 11 is 0. The van der Waals surface area contributed by atoms with Gasteiger partial charge >= 0.3 is 0 Å². The molecule has 3 heteroatoms. The molecule has 0 aliphatic heterocycles. The summed E-state index contributed by atoms with van der Waals surface area (Å²) in [5.41, 5.74) is 0.967. The first kappa shape index (κ1) is 7.55. The zero-order valence-corrected chi connectivity index (χ0v) is 6.06. The Labute approximate surface area is 64.5 Å². The topological polar surface area (TPSA) is 16.4 Å². The molecule has 11 heavy (non-hydrogen) atoms. The quantitative estimate of drug-likeness (QED) is 0.608. The van der Waals surface area contributed by atoms with Crippen molar-refractivity contribution in [3.63, 3.8) is 0 Å². The van der Waals surface area contributed by atoms with E-state index in [9.17, 15) is 4.39 Å².